The number of carbonyl (C=O) groups excluding carboxylic acids is 1. The summed E-state index contributed by atoms with van der Waals surface area (Å²) in [6.07, 6.45) is -3.05. The number of allylic oxidation sites excluding steroid dienone is 1. The number of alkyl halides is 3. The monoisotopic (exact) mass is 228 g/mol. The highest BCUT2D eigenvalue weighted by Gasteiger charge is 2.35. The van der Waals surface area contributed by atoms with Gasteiger partial charge in [-0.05, 0) is 31.1 Å². The van der Waals surface area contributed by atoms with Gasteiger partial charge in [0.05, 0.1) is 0 Å². The summed E-state index contributed by atoms with van der Waals surface area (Å²) < 4.78 is 35.8. The maximum Gasteiger partial charge on any atom is 0.454 e. The summed E-state index contributed by atoms with van der Waals surface area (Å²) in [5.41, 5.74) is 2.39. The SMILES string of the molecule is Cc1ccc(C)c(C=CC(=O)C(F)(F)F)c1. The molecule has 0 saturated carbocycles. The van der Waals surface area contributed by atoms with E-state index >= 15 is 0 Å². The zero-order chi connectivity index (χ0) is 12.3. The van der Waals surface area contributed by atoms with Gasteiger partial charge in [-0.2, -0.15) is 13.2 Å². The Kier molecular flexibility index (Phi) is 3.52. The summed E-state index contributed by atoms with van der Waals surface area (Å²) in [5, 5.41) is 0. The molecule has 0 aromatic heterocycles. The molecule has 0 saturated heterocycles. The molecule has 0 N–H and O–H groups in total. The third-order valence-corrected chi connectivity index (χ3v) is 2.13. The first kappa shape index (κ1) is 12.5. The smallest absolute Gasteiger partial charge is 0.285 e. The van der Waals surface area contributed by atoms with Crippen molar-refractivity contribution in [3.05, 3.63) is 41.0 Å². The van der Waals surface area contributed by atoms with E-state index in [4.69, 9.17) is 0 Å². The average molecular weight is 228 g/mol. The van der Waals surface area contributed by atoms with Crippen molar-refractivity contribution < 1.29 is 18.0 Å². The summed E-state index contributed by atoms with van der Waals surface area (Å²) in [4.78, 5) is 10.6. The fourth-order valence-electron chi connectivity index (χ4n) is 1.20. The van der Waals surface area contributed by atoms with Crippen LogP contribution in [0.4, 0.5) is 13.2 Å². The number of benzene rings is 1. The Morgan fingerprint density at radius 3 is 2.44 bits per heavy atom. The summed E-state index contributed by atoms with van der Waals surface area (Å²) in [6, 6.07) is 5.39. The molecule has 4 heteroatoms. The Balaban J connectivity index is 2.93. The van der Waals surface area contributed by atoms with Crippen LogP contribution in [0.2, 0.25) is 0 Å². The van der Waals surface area contributed by atoms with Crippen LogP contribution in [0, 0.1) is 13.8 Å². The van der Waals surface area contributed by atoms with Crippen LogP contribution in [0.3, 0.4) is 0 Å². The number of rotatable bonds is 2. The average Bonchev–Trinajstić information content (AvgIpc) is 2.17. The molecule has 1 aromatic rings. The standard InChI is InChI=1S/C12H11F3O/c1-8-3-4-9(2)10(7-8)5-6-11(16)12(13,14)15/h3-7H,1-2H3. The van der Waals surface area contributed by atoms with Crippen molar-refractivity contribution >= 4 is 11.9 Å². The van der Waals surface area contributed by atoms with E-state index in [1.165, 1.54) is 6.08 Å². The molecule has 0 radical (unpaired) electrons. The van der Waals surface area contributed by atoms with Gasteiger partial charge in [-0.1, -0.05) is 29.8 Å². The molecule has 0 amide bonds. The van der Waals surface area contributed by atoms with E-state index in [2.05, 4.69) is 0 Å². The van der Waals surface area contributed by atoms with Gasteiger partial charge >= 0.3 is 6.18 Å². The predicted molar refractivity (Wildman–Crippen MR) is 56.0 cm³/mol. The first-order chi connectivity index (χ1) is 7.30. The number of halogens is 3. The molecule has 0 aliphatic rings. The Bertz CT molecular complexity index is 430. The van der Waals surface area contributed by atoms with Crippen LogP contribution in [-0.2, 0) is 4.79 Å². The molecule has 0 spiro atoms. The second-order valence-electron chi connectivity index (χ2n) is 3.56. The minimum absolute atomic E-state index is 0.557. The van der Waals surface area contributed by atoms with Crippen molar-refractivity contribution in [2.24, 2.45) is 0 Å². The topological polar surface area (TPSA) is 17.1 Å². The van der Waals surface area contributed by atoms with Gasteiger partial charge in [0.25, 0.3) is 5.78 Å². The lowest BCUT2D eigenvalue weighted by Crippen LogP contribution is -2.19. The highest BCUT2D eigenvalue weighted by Crippen LogP contribution is 2.18. The Labute approximate surface area is 91.6 Å². The first-order valence-electron chi connectivity index (χ1n) is 4.67. The Morgan fingerprint density at radius 2 is 1.88 bits per heavy atom. The van der Waals surface area contributed by atoms with E-state index in [-0.39, 0.29) is 0 Å². The van der Waals surface area contributed by atoms with Gasteiger partial charge in [0, 0.05) is 0 Å². The van der Waals surface area contributed by atoms with E-state index in [9.17, 15) is 18.0 Å². The molecule has 16 heavy (non-hydrogen) atoms. The van der Waals surface area contributed by atoms with Gasteiger partial charge in [0.15, 0.2) is 0 Å². The molecule has 0 bridgehead atoms. The molecular weight excluding hydrogens is 217 g/mol. The van der Waals surface area contributed by atoms with Crippen LogP contribution in [0.15, 0.2) is 24.3 Å². The quantitative estimate of drug-likeness (QED) is 0.708. The highest BCUT2D eigenvalue weighted by molar-refractivity contribution is 5.97. The third-order valence-electron chi connectivity index (χ3n) is 2.13. The van der Waals surface area contributed by atoms with Crippen LogP contribution >= 0.6 is 0 Å². The molecular formula is C12H11F3O. The number of hydrogen-bond donors (Lipinski definition) is 0. The molecule has 0 atom stereocenters. The Morgan fingerprint density at radius 1 is 1.25 bits per heavy atom. The van der Waals surface area contributed by atoms with Crippen molar-refractivity contribution in [2.75, 3.05) is 0 Å². The van der Waals surface area contributed by atoms with Crippen molar-refractivity contribution in [3.63, 3.8) is 0 Å². The number of ketones is 1. The third kappa shape index (κ3) is 3.22. The molecule has 0 aliphatic heterocycles. The van der Waals surface area contributed by atoms with Crippen molar-refractivity contribution in [3.8, 4) is 0 Å². The minimum atomic E-state index is -4.80. The summed E-state index contributed by atoms with van der Waals surface area (Å²) >= 11 is 0. The lowest BCUT2D eigenvalue weighted by molar-refractivity contribution is -0.165. The zero-order valence-corrected chi connectivity index (χ0v) is 8.93. The molecule has 0 heterocycles. The first-order valence-corrected chi connectivity index (χ1v) is 4.67. The van der Waals surface area contributed by atoms with Gasteiger partial charge in [0.2, 0.25) is 0 Å². The fraction of sp³-hybridized carbons (Fsp3) is 0.250. The molecule has 0 unspecified atom stereocenters. The number of hydrogen-bond acceptors (Lipinski definition) is 1. The minimum Gasteiger partial charge on any atom is -0.285 e. The van der Waals surface area contributed by atoms with Crippen molar-refractivity contribution in [1.82, 2.24) is 0 Å². The summed E-state index contributed by atoms with van der Waals surface area (Å²) in [7, 11) is 0. The zero-order valence-electron chi connectivity index (χ0n) is 8.93. The molecule has 0 fully saturated rings. The van der Waals surface area contributed by atoms with Gasteiger partial charge in [0.1, 0.15) is 0 Å². The maximum atomic E-state index is 11.9. The lowest BCUT2D eigenvalue weighted by Gasteiger charge is -2.02. The van der Waals surface area contributed by atoms with E-state index < -0.39 is 12.0 Å². The number of carbonyl (C=O) groups is 1. The highest BCUT2D eigenvalue weighted by atomic mass is 19.4. The molecule has 1 nitrogen and oxygen atoms in total. The number of aryl methyl sites for hydroxylation is 2. The molecule has 1 aromatic carbocycles. The van der Waals surface area contributed by atoms with Gasteiger partial charge in [-0.15, -0.1) is 0 Å². The van der Waals surface area contributed by atoms with Gasteiger partial charge in [-0.3, -0.25) is 4.79 Å². The van der Waals surface area contributed by atoms with Crippen LogP contribution in [-0.4, -0.2) is 12.0 Å². The van der Waals surface area contributed by atoms with Crippen LogP contribution < -0.4 is 0 Å². The molecule has 1 rings (SSSR count). The molecule has 86 valence electrons. The van der Waals surface area contributed by atoms with Crippen LogP contribution in [0.1, 0.15) is 16.7 Å². The largest absolute Gasteiger partial charge is 0.454 e. The van der Waals surface area contributed by atoms with E-state index in [0.717, 1.165) is 11.1 Å². The molecule has 0 aliphatic carbocycles. The van der Waals surface area contributed by atoms with Crippen LogP contribution in [0.5, 0.6) is 0 Å². The van der Waals surface area contributed by atoms with E-state index in [0.29, 0.717) is 11.6 Å². The predicted octanol–water partition coefficient (Wildman–Crippen LogP) is 3.45. The normalized spacial score (nSPS) is 12.1. The second kappa shape index (κ2) is 4.51. The summed E-state index contributed by atoms with van der Waals surface area (Å²) in [6.45, 7) is 3.61. The van der Waals surface area contributed by atoms with Crippen molar-refractivity contribution in [2.45, 2.75) is 20.0 Å². The summed E-state index contributed by atoms with van der Waals surface area (Å²) in [5.74, 6) is -1.84. The maximum absolute atomic E-state index is 11.9. The van der Waals surface area contributed by atoms with Gasteiger partial charge < -0.3 is 0 Å². The van der Waals surface area contributed by atoms with Crippen LogP contribution in [0.25, 0.3) is 6.08 Å². The van der Waals surface area contributed by atoms with E-state index in [1.54, 1.807) is 19.1 Å². The fourth-order valence-corrected chi connectivity index (χ4v) is 1.20. The lowest BCUT2D eigenvalue weighted by atomic mass is 10.0. The van der Waals surface area contributed by atoms with E-state index in [1.807, 2.05) is 13.0 Å². The van der Waals surface area contributed by atoms with Crippen molar-refractivity contribution in [1.29, 1.82) is 0 Å². The second-order valence-corrected chi connectivity index (χ2v) is 3.56. The van der Waals surface area contributed by atoms with Gasteiger partial charge in [-0.25, -0.2) is 0 Å². The Hall–Kier alpha value is -1.58.